The Bertz CT molecular complexity index is 1010. The Balaban J connectivity index is 1.79. The molecule has 1 atom stereocenters. The van der Waals surface area contributed by atoms with Crippen molar-refractivity contribution in [1.82, 2.24) is 9.88 Å². The van der Waals surface area contributed by atoms with E-state index < -0.39 is 9.84 Å². The third-order valence-electron chi connectivity index (χ3n) is 5.23. The minimum atomic E-state index is -3.54. The van der Waals surface area contributed by atoms with Crippen LogP contribution in [0.1, 0.15) is 18.4 Å². The second kappa shape index (κ2) is 6.89. The highest BCUT2D eigenvalue weighted by Crippen LogP contribution is 2.31. The Hall–Kier alpha value is -2.11. The Morgan fingerprint density at radius 3 is 2.62 bits per heavy atom. The third-order valence-corrected chi connectivity index (χ3v) is 7.02. The average Bonchev–Trinajstić information content (AvgIpc) is 3.02. The average molecular weight is 369 g/mol. The van der Waals surface area contributed by atoms with E-state index in [2.05, 4.69) is 9.88 Å². The first-order chi connectivity index (χ1) is 12.6. The van der Waals surface area contributed by atoms with Crippen molar-refractivity contribution in [2.45, 2.75) is 36.1 Å². The van der Waals surface area contributed by atoms with Gasteiger partial charge < -0.3 is 9.88 Å². The summed E-state index contributed by atoms with van der Waals surface area (Å²) in [5.41, 5.74) is 2.04. The molecule has 1 unspecified atom stereocenters. The van der Waals surface area contributed by atoms with Gasteiger partial charge in [0.2, 0.25) is 9.84 Å². The molecule has 0 amide bonds. The van der Waals surface area contributed by atoms with E-state index in [-0.39, 0.29) is 0 Å². The van der Waals surface area contributed by atoms with Gasteiger partial charge in [0.25, 0.3) is 0 Å². The highest BCUT2D eigenvalue weighted by molar-refractivity contribution is 7.91. The predicted molar refractivity (Wildman–Crippen MR) is 104 cm³/mol. The van der Waals surface area contributed by atoms with Crippen molar-refractivity contribution in [1.29, 1.82) is 0 Å². The molecule has 1 aliphatic heterocycles. The molecule has 2 heterocycles. The Labute approximate surface area is 154 Å². The van der Waals surface area contributed by atoms with Gasteiger partial charge in [0.15, 0.2) is 0 Å². The number of aryl methyl sites for hydroxylation is 1. The van der Waals surface area contributed by atoms with Gasteiger partial charge >= 0.3 is 0 Å². The molecule has 1 fully saturated rings. The molecule has 0 bridgehead atoms. The number of nitrogens with one attached hydrogen (secondary N) is 1. The van der Waals surface area contributed by atoms with E-state index in [0.29, 0.717) is 15.7 Å². The first-order valence-electron chi connectivity index (χ1n) is 9.16. The fourth-order valence-corrected chi connectivity index (χ4v) is 5.26. The highest BCUT2D eigenvalue weighted by atomic mass is 32.2. The molecule has 0 radical (unpaired) electrons. The van der Waals surface area contributed by atoms with Crippen LogP contribution in [0.4, 0.5) is 0 Å². The summed E-state index contributed by atoms with van der Waals surface area (Å²) >= 11 is 0. The molecule has 26 heavy (non-hydrogen) atoms. The Morgan fingerprint density at radius 1 is 1.12 bits per heavy atom. The molecule has 2 aromatic carbocycles. The fourth-order valence-electron chi connectivity index (χ4n) is 3.78. The monoisotopic (exact) mass is 368 g/mol. The van der Waals surface area contributed by atoms with E-state index >= 15 is 0 Å². The number of rotatable bonds is 4. The van der Waals surface area contributed by atoms with Crippen LogP contribution in [0.15, 0.2) is 64.5 Å². The maximum absolute atomic E-state index is 13.2. The normalized spacial score (nSPS) is 18.3. The number of hydrogen-bond donors (Lipinski definition) is 1. The lowest BCUT2D eigenvalue weighted by Gasteiger charge is -2.23. The van der Waals surface area contributed by atoms with Gasteiger partial charge in [0, 0.05) is 23.6 Å². The van der Waals surface area contributed by atoms with Crippen molar-refractivity contribution in [3.63, 3.8) is 0 Å². The van der Waals surface area contributed by atoms with Gasteiger partial charge in [-0.1, -0.05) is 35.9 Å². The number of hydrogen-bond acceptors (Lipinski definition) is 3. The zero-order chi connectivity index (χ0) is 18.1. The number of para-hydroxylation sites is 1. The smallest absolute Gasteiger partial charge is 0.208 e. The molecule has 1 aromatic heterocycles. The van der Waals surface area contributed by atoms with E-state index in [1.807, 2.05) is 49.5 Å². The van der Waals surface area contributed by atoms with E-state index in [1.54, 1.807) is 12.1 Å². The maximum Gasteiger partial charge on any atom is 0.208 e. The van der Waals surface area contributed by atoms with E-state index in [1.165, 1.54) is 12.8 Å². The highest BCUT2D eigenvalue weighted by Gasteiger charge is 2.24. The molecule has 1 aliphatic rings. The van der Waals surface area contributed by atoms with Crippen LogP contribution < -0.4 is 5.32 Å². The second-order valence-corrected chi connectivity index (χ2v) is 9.11. The summed E-state index contributed by atoms with van der Waals surface area (Å²) in [5, 5.41) is 4.24. The predicted octanol–water partition coefficient (Wildman–Crippen LogP) is 3.78. The summed E-state index contributed by atoms with van der Waals surface area (Å²) in [7, 11) is -3.54. The maximum atomic E-state index is 13.2. The van der Waals surface area contributed by atoms with E-state index in [9.17, 15) is 8.42 Å². The number of sulfone groups is 1. The van der Waals surface area contributed by atoms with Gasteiger partial charge in [-0.3, -0.25) is 0 Å². The van der Waals surface area contributed by atoms with Gasteiger partial charge in [-0.05, 0) is 57.0 Å². The lowest BCUT2D eigenvalue weighted by atomic mass is 10.00. The lowest BCUT2D eigenvalue weighted by Crippen LogP contribution is -2.32. The van der Waals surface area contributed by atoms with Crippen LogP contribution in [0.3, 0.4) is 0 Å². The topological polar surface area (TPSA) is 51.1 Å². The third kappa shape index (κ3) is 3.17. The molecule has 0 aliphatic carbocycles. The number of aromatic nitrogens is 1. The second-order valence-electron chi connectivity index (χ2n) is 7.19. The molecule has 1 saturated heterocycles. The van der Waals surface area contributed by atoms with Crippen molar-refractivity contribution < 1.29 is 8.42 Å². The Kier molecular flexibility index (Phi) is 4.59. The molecule has 1 N–H and O–H groups in total. The van der Waals surface area contributed by atoms with Gasteiger partial charge in [-0.15, -0.1) is 0 Å². The summed E-state index contributed by atoms with van der Waals surface area (Å²) in [6.45, 7) is 4.87. The molecule has 0 spiro atoms. The molecule has 3 aromatic rings. The zero-order valence-corrected chi connectivity index (χ0v) is 15.8. The number of nitrogens with zero attached hydrogens (tertiary/aromatic N) is 1. The van der Waals surface area contributed by atoms with Crippen molar-refractivity contribution in [2.24, 2.45) is 5.92 Å². The largest absolute Gasteiger partial charge is 0.346 e. The summed E-state index contributed by atoms with van der Waals surface area (Å²) in [6, 6.07) is 14.9. The van der Waals surface area contributed by atoms with E-state index in [0.717, 1.165) is 36.1 Å². The summed E-state index contributed by atoms with van der Waals surface area (Å²) < 4.78 is 28.6. The molecule has 5 heteroatoms. The van der Waals surface area contributed by atoms with Crippen LogP contribution in [0, 0.1) is 12.8 Å². The van der Waals surface area contributed by atoms with Crippen molar-refractivity contribution >= 4 is 20.7 Å². The molecular weight excluding hydrogens is 344 g/mol. The van der Waals surface area contributed by atoms with E-state index in [4.69, 9.17) is 0 Å². The SMILES string of the molecule is Cc1ccc(S(=O)(=O)c2cn(CC3CCCNC3)c3ccccc23)cc1. The number of benzene rings is 2. The standard InChI is InChI=1S/C21H24N2O2S/c1-16-8-10-18(11-9-16)26(24,25)21-15-23(14-17-5-4-12-22-13-17)20-7-3-2-6-19(20)21/h2-3,6-11,15,17,22H,4-5,12-14H2,1H3. The quantitative estimate of drug-likeness (QED) is 0.762. The van der Waals surface area contributed by atoms with Crippen LogP contribution in [-0.4, -0.2) is 26.1 Å². The molecular formula is C21H24N2O2S. The van der Waals surface area contributed by atoms with Gasteiger partial charge in [0.1, 0.15) is 0 Å². The van der Waals surface area contributed by atoms with Crippen LogP contribution in [-0.2, 0) is 16.4 Å². The first-order valence-corrected chi connectivity index (χ1v) is 10.6. The van der Waals surface area contributed by atoms with Gasteiger partial charge in [-0.2, -0.15) is 0 Å². The molecule has 4 nitrogen and oxygen atoms in total. The minimum absolute atomic E-state index is 0.352. The number of piperidine rings is 1. The van der Waals surface area contributed by atoms with Crippen LogP contribution >= 0.6 is 0 Å². The Morgan fingerprint density at radius 2 is 1.88 bits per heavy atom. The molecule has 136 valence electrons. The van der Waals surface area contributed by atoms with Gasteiger partial charge in [-0.25, -0.2) is 8.42 Å². The summed E-state index contributed by atoms with van der Waals surface area (Å²) in [5.74, 6) is 0.537. The molecule has 0 saturated carbocycles. The van der Waals surface area contributed by atoms with Gasteiger partial charge in [0.05, 0.1) is 9.79 Å². The van der Waals surface area contributed by atoms with Crippen molar-refractivity contribution in [3.8, 4) is 0 Å². The first kappa shape index (κ1) is 17.3. The van der Waals surface area contributed by atoms with Crippen LogP contribution in [0.25, 0.3) is 10.9 Å². The molecule has 4 rings (SSSR count). The van der Waals surface area contributed by atoms with Crippen molar-refractivity contribution in [2.75, 3.05) is 13.1 Å². The summed E-state index contributed by atoms with van der Waals surface area (Å²) in [6.07, 6.45) is 4.19. The lowest BCUT2D eigenvalue weighted by molar-refractivity contribution is 0.340. The van der Waals surface area contributed by atoms with Crippen LogP contribution in [0.2, 0.25) is 0 Å². The minimum Gasteiger partial charge on any atom is -0.346 e. The fraction of sp³-hybridized carbons (Fsp3) is 0.333. The number of fused-ring (bicyclic) bond motifs is 1. The van der Waals surface area contributed by atoms with Crippen LogP contribution in [0.5, 0.6) is 0 Å². The zero-order valence-electron chi connectivity index (χ0n) is 15.0. The van der Waals surface area contributed by atoms with Crippen molar-refractivity contribution in [3.05, 3.63) is 60.3 Å². The summed E-state index contributed by atoms with van der Waals surface area (Å²) in [4.78, 5) is 0.756.